The number of nitrogens with one attached hydrogen (secondary N) is 1. The van der Waals surface area contributed by atoms with Crippen LogP contribution in [-0.2, 0) is 4.79 Å². The summed E-state index contributed by atoms with van der Waals surface area (Å²) in [6.45, 7) is 1.93. The van der Waals surface area contributed by atoms with E-state index < -0.39 is 0 Å². The normalized spacial score (nSPS) is 11.7. The summed E-state index contributed by atoms with van der Waals surface area (Å²) in [6.07, 6.45) is 0. The molecule has 3 aromatic carbocycles. The Balaban J connectivity index is 1.65. The molecule has 1 atom stereocenters. The van der Waals surface area contributed by atoms with Gasteiger partial charge in [0.1, 0.15) is 0 Å². The first-order chi connectivity index (χ1) is 14.0. The van der Waals surface area contributed by atoms with Crippen LogP contribution in [0.5, 0.6) is 17.2 Å². The number of thioether (sulfide) groups is 1. The van der Waals surface area contributed by atoms with Crippen LogP contribution in [0.2, 0.25) is 0 Å². The lowest BCUT2D eigenvalue weighted by Gasteiger charge is -2.18. The molecule has 6 heteroatoms. The highest BCUT2D eigenvalue weighted by Gasteiger charge is 2.17. The SMILES string of the molecule is COc1cc(C(C)NC(=O)CSc2ccc3ccccc3c2)cc(OC)c1OC. The van der Waals surface area contributed by atoms with E-state index >= 15 is 0 Å². The van der Waals surface area contributed by atoms with Crippen molar-refractivity contribution >= 4 is 28.4 Å². The van der Waals surface area contributed by atoms with Crippen molar-refractivity contribution in [2.45, 2.75) is 17.9 Å². The first-order valence-electron chi connectivity index (χ1n) is 9.26. The number of fused-ring (bicyclic) bond motifs is 1. The van der Waals surface area contributed by atoms with Gasteiger partial charge in [-0.1, -0.05) is 30.3 Å². The molecule has 0 fully saturated rings. The fourth-order valence-corrected chi connectivity index (χ4v) is 3.88. The Morgan fingerprint density at radius 2 is 1.59 bits per heavy atom. The first-order valence-corrected chi connectivity index (χ1v) is 10.2. The topological polar surface area (TPSA) is 56.8 Å². The van der Waals surface area contributed by atoms with E-state index in [1.54, 1.807) is 21.3 Å². The molecule has 0 heterocycles. The van der Waals surface area contributed by atoms with E-state index in [-0.39, 0.29) is 11.9 Å². The van der Waals surface area contributed by atoms with Gasteiger partial charge in [-0.15, -0.1) is 11.8 Å². The van der Waals surface area contributed by atoms with E-state index in [0.29, 0.717) is 23.0 Å². The highest BCUT2D eigenvalue weighted by molar-refractivity contribution is 8.00. The van der Waals surface area contributed by atoms with Crippen molar-refractivity contribution in [3.63, 3.8) is 0 Å². The van der Waals surface area contributed by atoms with Crippen molar-refractivity contribution in [3.05, 3.63) is 60.2 Å². The number of methoxy groups -OCH3 is 3. The minimum absolute atomic E-state index is 0.0376. The molecule has 0 spiro atoms. The molecule has 0 saturated heterocycles. The van der Waals surface area contributed by atoms with E-state index in [2.05, 4.69) is 29.6 Å². The summed E-state index contributed by atoms with van der Waals surface area (Å²) in [5.74, 6) is 1.96. The van der Waals surface area contributed by atoms with Crippen molar-refractivity contribution in [3.8, 4) is 17.2 Å². The van der Waals surface area contributed by atoms with Crippen LogP contribution in [0.15, 0.2) is 59.5 Å². The minimum Gasteiger partial charge on any atom is -0.493 e. The van der Waals surface area contributed by atoms with Crippen LogP contribution in [0, 0.1) is 0 Å². The van der Waals surface area contributed by atoms with Gasteiger partial charge >= 0.3 is 0 Å². The van der Waals surface area contributed by atoms with Crippen molar-refractivity contribution in [1.82, 2.24) is 5.32 Å². The highest BCUT2D eigenvalue weighted by Crippen LogP contribution is 2.39. The third-order valence-corrected chi connectivity index (χ3v) is 5.65. The quantitative estimate of drug-likeness (QED) is 0.538. The molecule has 0 aromatic heterocycles. The molecule has 1 amide bonds. The minimum atomic E-state index is -0.201. The van der Waals surface area contributed by atoms with E-state index in [1.807, 2.05) is 37.3 Å². The molecular formula is C23H25NO4S. The number of benzene rings is 3. The van der Waals surface area contributed by atoms with E-state index in [1.165, 1.54) is 22.5 Å². The zero-order valence-electron chi connectivity index (χ0n) is 17.0. The summed E-state index contributed by atoms with van der Waals surface area (Å²) in [5, 5.41) is 5.39. The van der Waals surface area contributed by atoms with Crippen molar-refractivity contribution in [2.24, 2.45) is 0 Å². The number of amides is 1. The van der Waals surface area contributed by atoms with Crippen LogP contribution in [0.4, 0.5) is 0 Å². The smallest absolute Gasteiger partial charge is 0.230 e. The van der Waals surface area contributed by atoms with Crippen LogP contribution < -0.4 is 19.5 Å². The third-order valence-electron chi connectivity index (χ3n) is 4.66. The van der Waals surface area contributed by atoms with Gasteiger partial charge in [0.05, 0.1) is 33.1 Å². The number of hydrogen-bond acceptors (Lipinski definition) is 5. The molecule has 0 saturated carbocycles. The average Bonchev–Trinajstić information content (AvgIpc) is 2.76. The summed E-state index contributed by atoms with van der Waals surface area (Å²) in [7, 11) is 4.71. The molecule has 5 nitrogen and oxygen atoms in total. The zero-order valence-corrected chi connectivity index (χ0v) is 17.8. The molecule has 3 aromatic rings. The molecule has 1 unspecified atom stereocenters. The molecule has 29 heavy (non-hydrogen) atoms. The van der Waals surface area contributed by atoms with Gasteiger partial charge in [-0.3, -0.25) is 4.79 Å². The fraction of sp³-hybridized carbons (Fsp3) is 0.261. The van der Waals surface area contributed by atoms with Crippen molar-refractivity contribution < 1.29 is 19.0 Å². The second-order valence-electron chi connectivity index (χ2n) is 6.55. The van der Waals surface area contributed by atoms with Crippen LogP contribution in [-0.4, -0.2) is 33.0 Å². The molecule has 0 aliphatic rings. The van der Waals surface area contributed by atoms with Crippen molar-refractivity contribution in [2.75, 3.05) is 27.1 Å². The fourth-order valence-electron chi connectivity index (χ4n) is 3.12. The van der Waals surface area contributed by atoms with Gasteiger partial charge in [0, 0.05) is 4.90 Å². The zero-order chi connectivity index (χ0) is 20.8. The molecule has 0 bridgehead atoms. The third kappa shape index (κ3) is 4.95. The second-order valence-corrected chi connectivity index (χ2v) is 7.59. The van der Waals surface area contributed by atoms with Crippen LogP contribution in [0.1, 0.15) is 18.5 Å². The second kappa shape index (κ2) is 9.56. The Morgan fingerprint density at radius 3 is 2.21 bits per heavy atom. The Labute approximate surface area is 175 Å². The number of ether oxygens (including phenoxy) is 3. The summed E-state index contributed by atoms with van der Waals surface area (Å²) >= 11 is 1.52. The van der Waals surface area contributed by atoms with Crippen LogP contribution in [0.3, 0.4) is 0 Å². The van der Waals surface area contributed by atoms with Gasteiger partial charge in [0.2, 0.25) is 11.7 Å². The Morgan fingerprint density at radius 1 is 0.931 bits per heavy atom. The van der Waals surface area contributed by atoms with Gasteiger partial charge in [0.15, 0.2) is 11.5 Å². The lowest BCUT2D eigenvalue weighted by molar-refractivity contribution is -0.119. The van der Waals surface area contributed by atoms with E-state index in [0.717, 1.165) is 10.5 Å². The van der Waals surface area contributed by atoms with Crippen LogP contribution >= 0.6 is 11.8 Å². The maximum absolute atomic E-state index is 12.5. The molecule has 1 N–H and O–H groups in total. The Bertz CT molecular complexity index is 980. The number of carbonyl (C=O) groups is 1. The lowest BCUT2D eigenvalue weighted by atomic mass is 10.1. The molecular weight excluding hydrogens is 386 g/mol. The molecule has 152 valence electrons. The van der Waals surface area contributed by atoms with Gasteiger partial charge in [-0.2, -0.15) is 0 Å². The molecule has 0 radical (unpaired) electrons. The van der Waals surface area contributed by atoms with Gasteiger partial charge in [-0.05, 0) is 47.5 Å². The number of rotatable bonds is 8. The Hall–Kier alpha value is -2.86. The highest BCUT2D eigenvalue weighted by atomic mass is 32.2. The predicted octanol–water partition coefficient (Wildman–Crippen LogP) is 4.84. The Kier molecular flexibility index (Phi) is 6.88. The number of carbonyl (C=O) groups excluding carboxylic acids is 1. The monoisotopic (exact) mass is 411 g/mol. The summed E-state index contributed by atoms with van der Waals surface area (Å²) in [5.41, 5.74) is 0.878. The van der Waals surface area contributed by atoms with Gasteiger partial charge in [0.25, 0.3) is 0 Å². The van der Waals surface area contributed by atoms with E-state index in [9.17, 15) is 4.79 Å². The molecule has 0 aliphatic heterocycles. The van der Waals surface area contributed by atoms with Crippen LogP contribution in [0.25, 0.3) is 10.8 Å². The van der Waals surface area contributed by atoms with E-state index in [4.69, 9.17) is 14.2 Å². The van der Waals surface area contributed by atoms with Gasteiger partial charge < -0.3 is 19.5 Å². The number of hydrogen-bond donors (Lipinski definition) is 1. The summed E-state index contributed by atoms with van der Waals surface area (Å²) in [4.78, 5) is 13.5. The maximum Gasteiger partial charge on any atom is 0.230 e. The van der Waals surface area contributed by atoms with Crippen molar-refractivity contribution in [1.29, 1.82) is 0 Å². The average molecular weight is 412 g/mol. The largest absolute Gasteiger partial charge is 0.493 e. The lowest BCUT2D eigenvalue weighted by Crippen LogP contribution is -2.28. The molecule has 3 rings (SSSR count). The molecule has 0 aliphatic carbocycles. The van der Waals surface area contributed by atoms with Gasteiger partial charge in [-0.25, -0.2) is 0 Å². The predicted molar refractivity (Wildman–Crippen MR) is 117 cm³/mol. The summed E-state index contributed by atoms with van der Waals surface area (Å²) < 4.78 is 16.1. The maximum atomic E-state index is 12.5. The first kappa shape index (κ1) is 20.9. The summed E-state index contributed by atoms with van der Waals surface area (Å²) in [6, 6.07) is 17.9. The standard InChI is InChI=1S/C23H25NO4S/c1-15(18-12-20(26-2)23(28-4)21(13-18)27-3)24-22(25)14-29-19-10-9-16-7-5-6-8-17(16)11-19/h5-13,15H,14H2,1-4H3,(H,24,25).